The number of halogens is 2. The van der Waals surface area contributed by atoms with Gasteiger partial charge >= 0.3 is 0 Å². The van der Waals surface area contributed by atoms with E-state index in [0.29, 0.717) is 10.9 Å². The van der Waals surface area contributed by atoms with Gasteiger partial charge in [-0.15, -0.1) is 11.3 Å². The molecule has 0 atom stereocenters. The second-order valence-corrected chi connectivity index (χ2v) is 5.25. The fraction of sp³-hybridized carbons (Fsp3) is 0.0909. The first-order chi connectivity index (χ1) is 8.58. The van der Waals surface area contributed by atoms with E-state index in [4.69, 9.17) is 11.6 Å². The van der Waals surface area contributed by atoms with Crippen LogP contribution in [-0.4, -0.2) is 4.92 Å². The van der Waals surface area contributed by atoms with E-state index in [2.05, 4.69) is 5.32 Å². The van der Waals surface area contributed by atoms with Gasteiger partial charge in [-0.2, -0.15) is 0 Å². The Hall–Kier alpha value is -1.66. The van der Waals surface area contributed by atoms with Gasteiger partial charge in [-0.3, -0.25) is 10.1 Å². The zero-order chi connectivity index (χ0) is 13.1. The number of anilines is 1. The van der Waals surface area contributed by atoms with Crippen molar-refractivity contribution in [1.82, 2.24) is 0 Å². The molecule has 2 rings (SSSR count). The molecule has 0 radical (unpaired) electrons. The number of rotatable bonds is 4. The molecule has 1 N–H and O–H groups in total. The number of benzene rings is 1. The number of thiophene rings is 1. The van der Waals surface area contributed by atoms with Crippen molar-refractivity contribution in [2.75, 3.05) is 5.32 Å². The highest BCUT2D eigenvalue weighted by atomic mass is 35.5. The van der Waals surface area contributed by atoms with Crippen LogP contribution in [0.5, 0.6) is 0 Å². The van der Waals surface area contributed by atoms with Crippen molar-refractivity contribution >= 4 is 34.3 Å². The zero-order valence-corrected chi connectivity index (χ0v) is 10.6. The van der Waals surface area contributed by atoms with Gasteiger partial charge in [0.15, 0.2) is 5.82 Å². The molecule has 0 aliphatic heterocycles. The van der Waals surface area contributed by atoms with E-state index >= 15 is 0 Å². The number of nitro benzene ring substituents is 1. The third kappa shape index (κ3) is 2.77. The Kier molecular flexibility index (Phi) is 3.78. The van der Waals surface area contributed by atoms with Gasteiger partial charge in [0.1, 0.15) is 5.69 Å². The molecule has 0 saturated heterocycles. The SMILES string of the molecule is O=[N+]([O-])c1cccc(F)c1NCc1ccc(Cl)s1. The van der Waals surface area contributed by atoms with Crippen LogP contribution in [0.2, 0.25) is 4.34 Å². The molecule has 2 aromatic rings. The molecule has 0 amide bonds. The van der Waals surface area contributed by atoms with E-state index < -0.39 is 10.7 Å². The summed E-state index contributed by atoms with van der Waals surface area (Å²) >= 11 is 7.10. The summed E-state index contributed by atoms with van der Waals surface area (Å²) in [5.41, 5.74) is -0.385. The number of nitrogens with one attached hydrogen (secondary N) is 1. The molecule has 0 fully saturated rings. The molecule has 0 bridgehead atoms. The monoisotopic (exact) mass is 286 g/mol. The maximum atomic E-state index is 13.5. The van der Waals surface area contributed by atoms with Crippen LogP contribution in [-0.2, 0) is 6.54 Å². The second-order valence-electron chi connectivity index (χ2n) is 3.45. The van der Waals surface area contributed by atoms with E-state index in [1.807, 2.05) is 0 Å². The molecular weight excluding hydrogens is 279 g/mol. The molecule has 4 nitrogen and oxygen atoms in total. The molecule has 1 aromatic heterocycles. The standard InChI is InChI=1S/C11H8ClFN2O2S/c12-10-5-4-7(18-10)6-14-11-8(13)2-1-3-9(11)15(16)17/h1-5,14H,6H2. The first kappa shape index (κ1) is 12.8. The fourth-order valence-corrected chi connectivity index (χ4v) is 2.49. The van der Waals surface area contributed by atoms with E-state index in [1.165, 1.54) is 29.5 Å². The number of para-hydroxylation sites is 1. The van der Waals surface area contributed by atoms with Crippen LogP contribution in [0.4, 0.5) is 15.8 Å². The highest BCUT2D eigenvalue weighted by Gasteiger charge is 2.17. The van der Waals surface area contributed by atoms with Crippen molar-refractivity contribution < 1.29 is 9.31 Å². The van der Waals surface area contributed by atoms with Crippen LogP contribution in [0, 0.1) is 15.9 Å². The minimum absolute atomic E-state index is 0.105. The van der Waals surface area contributed by atoms with E-state index in [1.54, 1.807) is 12.1 Å². The van der Waals surface area contributed by atoms with Crippen molar-refractivity contribution in [2.45, 2.75) is 6.54 Å². The highest BCUT2D eigenvalue weighted by molar-refractivity contribution is 7.16. The number of nitro groups is 1. The Bertz CT molecular complexity index is 588. The lowest BCUT2D eigenvalue weighted by atomic mass is 10.2. The summed E-state index contributed by atoms with van der Waals surface area (Å²) in [6.45, 7) is 0.291. The van der Waals surface area contributed by atoms with Gasteiger partial charge in [0.05, 0.1) is 9.26 Å². The first-order valence-electron chi connectivity index (χ1n) is 4.99. The molecule has 0 saturated carbocycles. The van der Waals surface area contributed by atoms with Gasteiger partial charge in [0.2, 0.25) is 0 Å². The molecule has 1 heterocycles. The average molecular weight is 287 g/mol. The molecule has 0 unspecified atom stereocenters. The van der Waals surface area contributed by atoms with Gasteiger partial charge in [-0.1, -0.05) is 17.7 Å². The number of hydrogen-bond donors (Lipinski definition) is 1. The average Bonchev–Trinajstić information content (AvgIpc) is 2.73. The van der Waals surface area contributed by atoms with E-state index in [9.17, 15) is 14.5 Å². The van der Waals surface area contributed by atoms with Crippen molar-refractivity contribution in [2.24, 2.45) is 0 Å². The lowest BCUT2D eigenvalue weighted by Gasteiger charge is -2.06. The Labute approximate surface area is 111 Å². The minimum atomic E-state index is -0.646. The largest absolute Gasteiger partial charge is 0.372 e. The molecule has 0 aliphatic carbocycles. The van der Waals surface area contributed by atoms with Gasteiger partial charge in [-0.25, -0.2) is 4.39 Å². The summed E-state index contributed by atoms with van der Waals surface area (Å²) in [7, 11) is 0. The van der Waals surface area contributed by atoms with Gasteiger partial charge in [-0.05, 0) is 18.2 Å². The smallest absolute Gasteiger partial charge is 0.295 e. The van der Waals surface area contributed by atoms with Crippen LogP contribution in [0.25, 0.3) is 0 Å². The quantitative estimate of drug-likeness (QED) is 0.681. The third-order valence-electron chi connectivity index (χ3n) is 2.26. The van der Waals surface area contributed by atoms with E-state index in [-0.39, 0.29) is 11.4 Å². The summed E-state index contributed by atoms with van der Waals surface area (Å²) in [5.74, 6) is -0.646. The van der Waals surface area contributed by atoms with Gasteiger partial charge in [0.25, 0.3) is 5.69 Å². The first-order valence-corrected chi connectivity index (χ1v) is 6.18. The molecule has 0 spiro atoms. The predicted octanol–water partition coefficient (Wildman–Crippen LogP) is 4.06. The van der Waals surface area contributed by atoms with Crippen LogP contribution >= 0.6 is 22.9 Å². The molecule has 1 aromatic carbocycles. The molecular formula is C11H8ClFN2O2S. The zero-order valence-electron chi connectivity index (χ0n) is 9.02. The topological polar surface area (TPSA) is 55.2 Å². The van der Waals surface area contributed by atoms with Crippen LogP contribution in [0.15, 0.2) is 30.3 Å². The normalized spacial score (nSPS) is 10.3. The summed E-state index contributed by atoms with van der Waals surface area (Å²) < 4.78 is 14.1. The van der Waals surface area contributed by atoms with Gasteiger partial charge < -0.3 is 5.32 Å². The van der Waals surface area contributed by atoms with Crippen molar-refractivity contribution in [3.8, 4) is 0 Å². The Morgan fingerprint density at radius 1 is 1.39 bits per heavy atom. The molecule has 0 aliphatic rings. The summed E-state index contributed by atoms with van der Waals surface area (Å²) in [4.78, 5) is 11.0. The Morgan fingerprint density at radius 3 is 2.78 bits per heavy atom. The molecule has 18 heavy (non-hydrogen) atoms. The lowest BCUT2D eigenvalue weighted by molar-refractivity contribution is -0.384. The van der Waals surface area contributed by atoms with Crippen molar-refractivity contribution in [1.29, 1.82) is 0 Å². The second kappa shape index (κ2) is 5.32. The predicted molar refractivity (Wildman–Crippen MR) is 69.7 cm³/mol. The summed E-state index contributed by atoms with van der Waals surface area (Å²) in [5, 5.41) is 13.5. The van der Waals surface area contributed by atoms with Crippen LogP contribution in [0.1, 0.15) is 4.88 Å². The fourth-order valence-electron chi connectivity index (χ4n) is 1.46. The minimum Gasteiger partial charge on any atom is -0.372 e. The number of hydrogen-bond acceptors (Lipinski definition) is 4. The third-order valence-corrected chi connectivity index (χ3v) is 3.49. The maximum absolute atomic E-state index is 13.5. The van der Waals surface area contributed by atoms with Crippen molar-refractivity contribution in [3.05, 3.63) is 55.5 Å². The van der Waals surface area contributed by atoms with Crippen molar-refractivity contribution in [3.63, 3.8) is 0 Å². The summed E-state index contributed by atoms with van der Waals surface area (Å²) in [6.07, 6.45) is 0. The lowest BCUT2D eigenvalue weighted by Crippen LogP contribution is -2.03. The maximum Gasteiger partial charge on any atom is 0.295 e. The Balaban J connectivity index is 2.20. The van der Waals surface area contributed by atoms with Gasteiger partial charge in [0, 0.05) is 17.5 Å². The van der Waals surface area contributed by atoms with Crippen LogP contribution in [0.3, 0.4) is 0 Å². The molecule has 7 heteroatoms. The highest BCUT2D eigenvalue weighted by Crippen LogP contribution is 2.28. The summed E-state index contributed by atoms with van der Waals surface area (Å²) in [6, 6.07) is 7.25. The molecule has 94 valence electrons. The Morgan fingerprint density at radius 2 is 2.17 bits per heavy atom. The van der Waals surface area contributed by atoms with E-state index in [0.717, 1.165) is 4.88 Å². The van der Waals surface area contributed by atoms with Crippen LogP contribution < -0.4 is 5.32 Å². The number of nitrogens with zero attached hydrogens (tertiary/aromatic N) is 1.